The summed E-state index contributed by atoms with van der Waals surface area (Å²) in [6.45, 7) is 0.968. The lowest BCUT2D eigenvalue weighted by atomic mass is 10.0. The van der Waals surface area contributed by atoms with Crippen LogP contribution in [0.15, 0.2) is 77.7 Å². The van der Waals surface area contributed by atoms with Gasteiger partial charge in [0.05, 0.1) is 16.6 Å². The average Bonchev–Trinajstić information content (AvgIpc) is 3.47. The van der Waals surface area contributed by atoms with E-state index >= 15 is 0 Å². The van der Waals surface area contributed by atoms with E-state index in [4.69, 9.17) is 0 Å². The van der Waals surface area contributed by atoms with E-state index in [-0.39, 0.29) is 22.7 Å². The molecule has 0 saturated carbocycles. The van der Waals surface area contributed by atoms with Gasteiger partial charge in [-0.2, -0.15) is 0 Å². The molecule has 0 aromatic heterocycles. The van der Waals surface area contributed by atoms with Gasteiger partial charge in [-0.1, -0.05) is 36.4 Å². The highest BCUT2D eigenvalue weighted by Gasteiger charge is 2.33. The van der Waals surface area contributed by atoms with E-state index < -0.39 is 10.0 Å². The van der Waals surface area contributed by atoms with E-state index in [1.807, 2.05) is 24.3 Å². The van der Waals surface area contributed by atoms with Gasteiger partial charge in [0.15, 0.2) is 0 Å². The summed E-state index contributed by atoms with van der Waals surface area (Å²) in [6, 6.07) is 19.8. The van der Waals surface area contributed by atoms with Crippen LogP contribution in [0.2, 0.25) is 0 Å². The summed E-state index contributed by atoms with van der Waals surface area (Å²) >= 11 is 0. The molecule has 5 nitrogen and oxygen atoms in total. The number of hydrogen-bond acceptors (Lipinski definition) is 3. The van der Waals surface area contributed by atoms with Crippen molar-refractivity contribution in [1.29, 1.82) is 0 Å². The van der Waals surface area contributed by atoms with Gasteiger partial charge in [-0.25, -0.2) is 12.8 Å². The molecular formula is C25H23FN2O3S. The van der Waals surface area contributed by atoms with Gasteiger partial charge in [-0.3, -0.25) is 9.10 Å². The summed E-state index contributed by atoms with van der Waals surface area (Å²) < 4.78 is 41.5. The van der Waals surface area contributed by atoms with E-state index in [0.717, 1.165) is 24.0 Å². The number of para-hydroxylation sites is 1. The lowest BCUT2D eigenvalue weighted by Gasteiger charge is -2.26. The van der Waals surface area contributed by atoms with Crippen LogP contribution in [0.4, 0.5) is 10.1 Å². The van der Waals surface area contributed by atoms with Crippen molar-refractivity contribution in [3.05, 3.63) is 95.3 Å². The number of carbonyl (C=O) groups excluding carboxylic acids is 1. The normalized spacial score (nSPS) is 18.1. The molecule has 0 bridgehead atoms. The first-order chi connectivity index (χ1) is 15.4. The summed E-state index contributed by atoms with van der Waals surface area (Å²) in [5.41, 5.74) is 2.92. The second kappa shape index (κ2) is 8.06. The number of likely N-dealkylation sites (tertiary alicyclic amines) is 1. The molecule has 2 aliphatic heterocycles. The molecule has 2 aliphatic rings. The average molecular weight is 451 g/mol. The third-order valence-electron chi connectivity index (χ3n) is 6.28. The Kier molecular flexibility index (Phi) is 5.21. The minimum Gasteiger partial charge on any atom is -0.332 e. The minimum absolute atomic E-state index is 0.109. The molecule has 0 spiro atoms. The molecular weight excluding hydrogens is 427 g/mol. The molecule has 0 radical (unpaired) electrons. The fourth-order valence-corrected chi connectivity index (χ4v) is 6.23. The Labute approximate surface area is 187 Å². The van der Waals surface area contributed by atoms with E-state index in [1.165, 1.54) is 28.6 Å². The minimum atomic E-state index is -3.78. The van der Waals surface area contributed by atoms with Crippen LogP contribution in [0.5, 0.6) is 0 Å². The van der Waals surface area contributed by atoms with Crippen LogP contribution in [0, 0.1) is 5.82 Å². The van der Waals surface area contributed by atoms with Gasteiger partial charge in [0.1, 0.15) is 5.82 Å². The smallest absolute Gasteiger partial charge is 0.264 e. The molecule has 1 fully saturated rings. The zero-order valence-electron chi connectivity index (χ0n) is 17.4. The van der Waals surface area contributed by atoms with Crippen molar-refractivity contribution >= 4 is 21.6 Å². The molecule has 32 heavy (non-hydrogen) atoms. The monoisotopic (exact) mass is 450 g/mol. The quantitative estimate of drug-likeness (QED) is 0.586. The number of benzene rings is 3. The van der Waals surface area contributed by atoms with Gasteiger partial charge in [0, 0.05) is 18.7 Å². The van der Waals surface area contributed by atoms with Gasteiger partial charge < -0.3 is 4.90 Å². The first-order valence-corrected chi connectivity index (χ1v) is 12.2. The number of anilines is 1. The topological polar surface area (TPSA) is 57.7 Å². The third-order valence-corrected chi connectivity index (χ3v) is 8.09. The Morgan fingerprint density at radius 2 is 1.72 bits per heavy atom. The molecule has 0 N–H and O–H groups in total. The Morgan fingerprint density at radius 1 is 0.938 bits per heavy atom. The molecule has 2 heterocycles. The number of halogens is 1. The Bertz CT molecular complexity index is 1270. The molecule has 1 amide bonds. The van der Waals surface area contributed by atoms with E-state index in [1.54, 1.807) is 29.2 Å². The predicted octanol–water partition coefficient (Wildman–Crippen LogP) is 4.55. The number of sulfonamides is 1. The van der Waals surface area contributed by atoms with Crippen LogP contribution in [-0.2, 0) is 16.4 Å². The van der Waals surface area contributed by atoms with Crippen molar-refractivity contribution in [2.24, 2.45) is 0 Å². The molecule has 1 unspecified atom stereocenters. The maximum Gasteiger partial charge on any atom is 0.264 e. The van der Waals surface area contributed by atoms with Gasteiger partial charge in [0.25, 0.3) is 15.9 Å². The van der Waals surface area contributed by atoms with Crippen LogP contribution in [0.1, 0.15) is 40.4 Å². The number of fused-ring (bicyclic) bond motifs is 1. The molecule has 3 aromatic rings. The van der Waals surface area contributed by atoms with Crippen molar-refractivity contribution in [3.63, 3.8) is 0 Å². The fraction of sp³-hybridized carbons (Fsp3) is 0.240. The Morgan fingerprint density at radius 3 is 2.53 bits per heavy atom. The van der Waals surface area contributed by atoms with Gasteiger partial charge in [-0.05, 0) is 66.8 Å². The lowest BCUT2D eigenvalue weighted by molar-refractivity contribution is 0.0735. The standard InChI is InChI=1S/C25H23FN2O3S/c26-21-12-10-19(11-13-21)23-9-4-15-27(23)25(29)20-6-3-7-22(17-20)32(30,31)28-16-14-18-5-1-2-8-24(18)28/h1-3,5-8,10-13,17,23H,4,9,14-16H2. The first kappa shape index (κ1) is 20.7. The van der Waals surface area contributed by atoms with Crippen LogP contribution in [-0.4, -0.2) is 32.3 Å². The van der Waals surface area contributed by atoms with Crippen molar-refractivity contribution < 1.29 is 17.6 Å². The summed E-state index contributed by atoms with van der Waals surface area (Å²) in [7, 11) is -3.78. The lowest BCUT2D eigenvalue weighted by Crippen LogP contribution is -2.31. The van der Waals surface area contributed by atoms with Crippen molar-refractivity contribution in [2.75, 3.05) is 17.4 Å². The van der Waals surface area contributed by atoms with E-state index in [9.17, 15) is 17.6 Å². The zero-order valence-corrected chi connectivity index (χ0v) is 18.3. The third kappa shape index (κ3) is 3.56. The highest BCUT2D eigenvalue weighted by Crippen LogP contribution is 2.35. The predicted molar refractivity (Wildman–Crippen MR) is 121 cm³/mol. The SMILES string of the molecule is O=C(c1cccc(S(=O)(=O)N2CCc3ccccc32)c1)N1CCCC1c1ccc(F)cc1. The molecule has 3 aromatic carbocycles. The summed E-state index contributed by atoms with van der Waals surface area (Å²) in [5, 5.41) is 0. The number of rotatable bonds is 4. The maximum absolute atomic E-state index is 13.4. The summed E-state index contributed by atoms with van der Waals surface area (Å²) in [5.74, 6) is -0.526. The van der Waals surface area contributed by atoms with E-state index in [0.29, 0.717) is 30.8 Å². The highest BCUT2D eigenvalue weighted by molar-refractivity contribution is 7.92. The van der Waals surface area contributed by atoms with Crippen molar-refractivity contribution in [2.45, 2.75) is 30.2 Å². The second-order valence-corrected chi connectivity index (χ2v) is 10.1. The second-order valence-electron chi connectivity index (χ2n) is 8.19. The van der Waals surface area contributed by atoms with Crippen LogP contribution < -0.4 is 4.31 Å². The van der Waals surface area contributed by atoms with Crippen LogP contribution in [0.25, 0.3) is 0 Å². The highest BCUT2D eigenvalue weighted by atomic mass is 32.2. The van der Waals surface area contributed by atoms with E-state index in [2.05, 4.69) is 0 Å². The van der Waals surface area contributed by atoms with Crippen LogP contribution >= 0.6 is 0 Å². The Balaban J connectivity index is 1.44. The number of nitrogens with zero attached hydrogens (tertiary/aromatic N) is 2. The number of amides is 1. The fourth-order valence-electron chi connectivity index (χ4n) is 4.68. The summed E-state index contributed by atoms with van der Waals surface area (Å²) in [6.07, 6.45) is 2.30. The van der Waals surface area contributed by atoms with Crippen molar-refractivity contribution in [3.8, 4) is 0 Å². The van der Waals surface area contributed by atoms with Crippen LogP contribution in [0.3, 0.4) is 0 Å². The first-order valence-electron chi connectivity index (χ1n) is 10.7. The molecule has 164 valence electrons. The molecule has 1 atom stereocenters. The largest absolute Gasteiger partial charge is 0.332 e. The summed E-state index contributed by atoms with van der Waals surface area (Å²) in [4.78, 5) is 15.2. The van der Waals surface area contributed by atoms with Gasteiger partial charge in [0.2, 0.25) is 0 Å². The molecule has 1 saturated heterocycles. The van der Waals surface area contributed by atoms with Gasteiger partial charge in [-0.15, -0.1) is 0 Å². The number of carbonyl (C=O) groups is 1. The zero-order chi connectivity index (χ0) is 22.3. The number of hydrogen-bond donors (Lipinski definition) is 0. The van der Waals surface area contributed by atoms with Gasteiger partial charge >= 0.3 is 0 Å². The maximum atomic E-state index is 13.4. The van der Waals surface area contributed by atoms with Crippen molar-refractivity contribution in [1.82, 2.24) is 4.90 Å². The Hall–Kier alpha value is -3.19. The molecule has 0 aliphatic carbocycles. The molecule has 5 rings (SSSR count). The molecule has 7 heteroatoms.